The normalized spacial score (nSPS) is 19.7. The van der Waals surface area contributed by atoms with Crippen LogP contribution in [0.5, 0.6) is 0 Å². The topological polar surface area (TPSA) is 72.6 Å². The number of nitrogens with two attached hydrogens (primary N) is 1. The van der Waals surface area contributed by atoms with Gasteiger partial charge in [-0.15, -0.1) is 0 Å². The lowest BCUT2D eigenvalue weighted by Crippen LogP contribution is -2.55. The molecular formula is C13H18BrFN2O3S. The van der Waals surface area contributed by atoms with Crippen molar-refractivity contribution < 1.29 is 17.5 Å². The van der Waals surface area contributed by atoms with Crippen LogP contribution in [0.1, 0.15) is 19.4 Å². The van der Waals surface area contributed by atoms with Gasteiger partial charge in [0.1, 0.15) is 10.7 Å². The van der Waals surface area contributed by atoms with Gasteiger partial charge in [0.05, 0.1) is 18.8 Å². The molecule has 118 valence electrons. The maximum atomic E-state index is 14.4. The van der Waals surface area contributed by atoms with E-state index in [0.29, 0.717) is 11.1 Å². The summed E-state index contributed by atoms with van der Waals surface area (Å²) in [6.45, 7) is 4.19. The summed E-state index contributed by atoms with van der Waals surface area (Å²) in [5.41, 5.74) is 4.91. The van der Waals surface area contributed by atoms with Crippen molar-refractivity contribution in [3.63, 3.8) is 0 Å². The highest BCUT2D eigenvalue weighted by Gasteiger charge is 2.41. The number of sulfonamides is 1. The molecule has 0 radical (unpaired) electrons. The summed E-state index contributed by atoms with van der Waals surface area (Å²) in [5, 5.41) is 0. The standard InChI is InChI=1S/C13H18BrFN2O3S/c1-13(2)8-20-4-3-17(13)21(18,19)11-6-10(14)5-9(7-16)12(11)15/h5-6H,3-4,7-8,16H2,1-2H3. The maximum absolute atomic E-state index is 14.4. The third-order valence-corrected chi connectivity index (χ3v) is 6.00. The second-order valence-electron chi connectivity index (χ2n) is 5.52. The molecule has 1 aromatic rings. The first kappa shape index (κ1) is 16.8. The van der Waals surface area contributed by atoms with Crippen LogP contribution in [0.25, 0.3) is 0 Å². The average Bonchev–Trinajstić information content (AvgIpc) is 2.40. The minimum absolute atomic E-state index is 0.0691. The molecule has 1 heterocycles. The van der Waals surface area contributed by atoms with E-state index in [2.05, 4.69) is 15.9 Å². The number of nitrogens with zero attached hydrogens (tertiary/aromatic N) is 1. The van der Waals surface area contributed by atoms with Gasteiger partial charge < -0.3 is 10.5 Å². The minimum atomic E-state index is -3.96. The molecule has 0 unspecified atom stereocenters. The largest absolute Gasteiger partial charge is 0.378 e. The summed E-state index contributed by atoms with van der Waals surface area (Å²) >= 11 is 3.20. The molecule has 5 nitrogen and oxygen atoms in total. The zero-order chi connectivity index (χ0) is 15.8. The van der Waals surface area contributed by atoms with Gasteiger partial charge in [0, 0.05) is 23.1 Å². The van der Waals surface area contributed by atoms with E-state index in [1.54, 1.807) is 13.8 Å². The van der Waals surface area contributed by atoms with Gasteiger partial charge in [0.2, 0.25) is 10.0 Å². The number of hydrogen-bond donors (Lipinski definition) is 1. The molecule has 0 atom stereocenters. The first-order valence-corrected chi connectivity index (χ1v) is 8.72. The Morgan fingerprint density at radius 3 is 2.71 bits per heavy atom. The van der Waals surface area contributed by atoms with Crippen LogP contribution in [0, 0.1) is 5.82 Å². The fraction of sp³-hybridized carbons (Fsp3) is 0.538. The van der Waals surface area contributed by atoms with Gasteiger partial charge in [-0.05, 0) is 26.0 Å². The molecule has 2 N–H and O–H groups in total. The summed E-state index contributed by atoms with van der Waals surface area (Å²) in [6.07, 6.45) is 0. The number of hydrogen-bond acceptors (Lipinski definition) is 4. The molecule has 0 saturated carbocycles. The van der Waals surface area contributed by atoms with Crippen molar-refractivity contribution in [1.29, 1.82) is 0 Å². The van der Waals surface area contributed by atoms with Crippen LogP contribution >= 0.6 is 15.9 Å². The van der Waals surface area contributed by atoms with Crippen molar-refractivity contribution >= 4 is 26.0 Å². The van der Waals surface area contributed by atoms with E-state index in [4.69, 9.17) is 10.5 Å². The Morgan fingerprint density at radius 2 is 2.14 bits per heavy atom. The van der Waals surface area contributed by atoms with Gasteiger partial charge >= 0.3 is 0 Å². The van der Waals surface area contributed by atoms with E-state index in [1.165, 1.54) is 16.4 Å². The van der Waals surface area contributed by atoms with E-state index >= 15 is 0 Å². The van der Waals surface area contributed by atoms with E-state index in [-0.39, 0.29) is 30.2 Å². The fourth-order valence-corrected chi connectivity index (χ4v) is 4.91. The van der Waals surface area contributed by atoms with Crippen molar-refractivity contribution in [2.24, 2.45) is 5.73 Å². The number of halogens is 2. The lowest BCUT2D eigenvalue weighted by Gasteiger charge is -2.40. The third kappa shape index (κ3) is 3.14. The van der Waals surface area contributed by atoms with Crippen LogP contribution in [0.15, 0.2) is 21.5 Å². The van der Waals surface area contributed by atoms with Crippen LogP contribution in [-0.4, -0.2) is 38.0 Å². The van der Waals surface area contributed by atoms with E-state index < -0.39 is 21.4 Å². The second kappa shape index (κ2) is 5.92. The molecule has 0 aromatic heterocycles. The third-order valence-electron chi connectivity index (χ3n) is 3.44. The molecule has 0 bridgehead atoms. The summed E-state index contributed by atoms with van der Waals surface area (Å²) in [4.78, 5) is -0.354. The first-order chi connectivity index (χ1) is 9.70. The summed E-state index contributed by atoms with van der Waals surface area (Å²) in [5.74, 6) is -0.789. The van der Waals surface area contributed by atoms with Crippen LogP contribution in [-0.2, 0) is 21.3 Å². The fourth-order valence-electron chi connectivity index (χ4n) is 2.36. The highest BCUT2D eigenvalue weighted by molar-refractivity contribution is 9.10. The molecule has 0 spiro atoms. The van der Waals surface area contributed by atoms with Gasteiger partial charge in [-0.3, -0.25) is 0 Å². The molecular weight excluding hydrogens is 363 g/mol. The molecule has 21 heavy (non-hydrogen) atoms. The first-order valence-electron chi connectivity index (χ1n) is 6.49. The second-order valence-corrected chi connectivity index (χ2v) is 8.27. The zero-order valence-electron chi connectivity index (χ0n) is 11.9. The smallest absolute Gasteiger partial charge is 0.246 e. The molecule has 1 aromatic carbocycles. The molecule has 1 fully saturated rings. The molecule has 1 saturated heterocycles. The van der Waals surface area contributed by atoms with Gasteiger partial charge in [0.25, 0.3) is 0 Å². The molecule has 0 amide bonds. The predicted molar refractivity (Wildman–Crippen MR) is 80.8 cm³/mol. The lowest BCUT2D eigenvalue weighted by atomic mass is 10.1. The average molecular weight is 381 g/mol. The Morgan fingerprint density at radius 1 is 1.48 bits per heavy atom. The Bertz CT molecular complexity index is 649. The van der Waals surface area contributed by atoms with Gasteiger partial charge in [-0.25, -0.2) is 12.8 Å². The monoisotopic (exact) mass is 380 g/mol. The minimum Gasteiger partial charge on any atom is -0.378 e. The number of morpholine rings is 1. The van der Waals surface area contributed by atoms with Crippen molar-refractivity contribution in [2.45, 2.75) is 30.8 Å². The van der Waals surface area contributed by atoms with Crippen LogP contribution < -0.4 is 5.73 Å². The van der Waals surface area contributed by atoms with Crippen LogP contribution in [0.3, 0.4) is 0 Å². The quantitative estimate of drug-likeness (QED) is 0.868. The Kier molecular flexibility index (Phi) is 4.75. The van der Waals surface area contributed by atoms with Crippen molar-refractivity contribution in [3.05, 3.63) is 28.0 Å². The van der Waals surface area contributed by atoms with Gasteiger partial charge in [-0.1, -0.05) is 15.9 Å². The Balaban J connectivity index is 2.56. The van der Waals surface area contributed by atoms with E-state index in [0.717, 1.165) is 0 Å². The highest BCUT2D eigenvalue weighted by Crippen LogP contribution is 2.31. The molecule has 1 aliphatic heterocycles. The van der Waals surface area contributed by atoms with Crippen molar-refractivity contribution in [1.82, 2.24) is 4.31 Å². The molecule has 2 rings (SSSR count). The predicted octanol–water partition coefficient (Wildman–Crippen LogP) is 1.85. The van der Waals surface area contributed by atoms with E-state index in [1.807, 2.05) is 0 Å². The molecule has 0 aliphatic carbocycles. The van der Waals surface area contributed by atoms with Crippen LogP contribution in [0.2, 0.25) is 0 Å². The summed E-state index contributed by atoms with van der Waals surface area (Å²) in [6, 6.07) is 2.76. The number of ether oxygens (including phenoxy) is 1. The van der Waals surface area contributed by atoms with Crippen LogP contribution in [0.4, 0.5) is 4.39 Å². The summed E-state index contributed by atoms with van der Waals surface area (Å²) in [7, 11) is -3.96. The van der Waals surface area contributed by atoms with Crippen molar-refractivity contribution in [3.8, 4) is 0 Å². The van der Waals surface area contributed by atoms with Crippen molar-refractivity contribution in [2.75, 3.05) is 19.8 Å². The lowest BCUT2D eigenvalue weighted by molar-refractivity contribution is -0.00779. The van der Waals surface area contributed by atoms with E-state index in [9.17, 15) is 12.8 Å². The van der Waals surface area contributed by atoms with Gasteiger partial charge in [0.15, 0.2) is 0 Å². The molecule has 1 aliphatic rings. The Labute approximate surface area is 132 Å². The zero-order valence-corrected chi connectivity index (χ0v) is 14.3. The number of benzene rings is 1. The molecule has 8 heteroatoms. The maximum Gasteiger partial charge on any atom is 0.246 e. The van der Waals surface area contributed by atoms with Gasteiger partial charge in [-0.2, -0.15) is 4.31 Å². The SMILES string of the molecule is CC1(C)COCCN1S(=O)(=O)c1cc(Br)cc(CN)c1F. The summed E-state index contributed by atoms with van der Waals surface area (Å²) < 4.78 is 47.1. The Hall–Kier alpha value is -0.540. The number of rotatable bonds is 3. The highest BCUT2D eigenvalue weighted by atomic mass is 79.9.